The minimum atomic E-state index is -0.0776. The Kier molecular flexibility index (Phi) is 5.36. The molecule has 1 amide bonds. The summed E-state index contributed by atoms with van der Waals surface area (Å²) in [4.78, 5) is 14.8. The summed E-state index contributed by atoms with van der Waals surface area (Å²) < 4.78 is 11.9. The van der Waals surface area contributed by atoms with Crippen LogP contribution in [0.3, 0.4) is 0 Å². The molecule has 0 saturated carbocycles. The first kappa shape index (κ1) is 17.2. The fourth-order valence-corrected chi connectivity index (χ4v) is 4.34. The fourth-order valence-electron chi connectivity index (χ4n) is 2.80. The van der Waals surface area contributed by atoms with Gasteiger partial charge in [-0.15, -0.1) is 11.8 Å². The standard InChI is InChI=1S/C18H18BrNO3S/c1-22-15-5-3-4-14(16(15)23-2)18-20(10-11-24-18)17(21)12-6-8-13(19)9-7-12/h3-9,18H,10-11H2,1-2H3/t18-/m0/s1. The van der Waals surface area contributed by atoms with Gasteiger partial charge in [-0.05, 0) is 30.3 Å². The third-order valence-electron chi connectivity index (χ3n) is 3.94. The topological polar surface area (TPSA) is 38.8 Å². The molecule has 1 aliphatic heterocycles. The number of para-hydroxylation sites is 1. The molecule has 0 unspecified atom stereocenters. The number of carbonyl (C=O) groups excluding carboxylic acids is 1. The Morgan fingerprint density at radius 1 is 1.17 bits per heavy atom. The number of thioether (sulfide) groups is 1. The van der Waals surface area contributed by atoms with Crippen molar-refractivity contribution in [2.75, 3.05) is 26.5 Å². The van der Waals surface area contributed by atoms with Crippen LogP contribution in [0.4, 0.5) is 0 Å². The zero-order valence-corrected chi connectivity index (χ0v) is 15.9. The Bertz CT molecular complexity index is 736. The van der Waals surface area contributed by atoms with Gasteiger partial charge in [0, 0.05) is 27.9 Å². The van der Waals surface area contributed by atoms with E-state index in [2.05, 4.69) is 15.9 Å². The average Bonchev–Trinajstić information content (AvgIpc) is 3.10. The van der Waals surface area contributed by atoms with Crippen LogP contribution in [0.2, 0.25) is 0 Å². The number of ether oxygens (including phenoxy) is 2. The van der Waals surface area contributed by atoms with Crippen molar-refractivity contribution in [2.45, 2.75) is 5.37 Å². The summed E-state index contributed by atoms with van der Waals surface area (Å²) in [5.41, 5.74) is 1.65. The predicted molar refractivity (Wildman–Crippen MR) is 99.9 cm³/mol. The van der Waals surface area contributed by atoms with Gasteiger partial charge in [0.15, 0.2) is 11.5 Å². The summed E-state index contributed by atoms with van der Waals surface area (Å²) in [7, 11) is 3.25. The van der Waals surface area contributed by atoms with E-state index in [1.807, 2.05) is 47.4 Å². The number of benzene rings is 2. The van der Waals surface area contributed by atoms with E-state index in [1.165, 1.54) is 0 Å². The Morgan fingerprint density at radius 3 is 2.58 bits per heavy atom. The number of hydrogen-bond donors (Lipinski definition) is 0. The van der Waals surface area contributed by atoms with Crippen LogP contribution in [0.1, 0.15) is 21.3 Å². The van der Waals surface area contributed by atoms with Crippen LogP contribution in [0.15, 0.2) is 46.9 Å². The maximum Gasteiger partial charge on any atom is 0.255 e. The molecule has 1 saturated heterocycles. The Morgan fingerprint density at radius 2 is 1.92 bits per heavy atom. The molecule has 24 heavy (non-hydrogen) atoms. The second kappa shape index (κ2) is 7.49. The smallest absolute Gasteiger partial charge is 0.255 e. The SMILES string of the molecule is COc1cccc([C@@H]2SCCN2C(=O)c2ccc(Br)cc2)c1OC. The monoisotopic (exact) mass is 407 g/mol. The molecule has 3 rings (SSSR count). The highest BCUT2D eigenvalue weighted by Crippen LogP contribution is 2.45. The zero-order chi connectivity index (χ0) is 17.1. The van der Waals surface area contributed by atoms with Gasteiger partial charge in [0.1, 0.15) is 5.37 Å². The van der Waals surface area contributed by atoms with Gasteiger partial charge in [-0.3, -0.25) is 4.79 Å². The van der Waals surface area contributed by atoms with E-state index in [0.29, 0.717) is 23.6 Å². The molecule has 0 spiro atoms. The van der Waals surface area contributed by atoms with Crippen molar-refractivity contribution in [3.8, 4) is 11.5 Å². The summed E-state index contributed by atoms with van der Waals surface area (Å²) in [6.45, 7) is 0.713. The molecule has 0 bridgehead atoms. The number of hydrogen-bond acceptors (Lipinski definition) is 4. The highest BCUT2D eigenvalue weighted by atomic mass is 79.9. The lowest BCUT2D eigenvalue weighted by atomic mass is 10.1. The van der Waals surface area contributed by atoms with E-state index in [4.69, 9.17) is 9.47 Å². The first-order valence-electron chi connectivity index (χ1n) is 7.54. The Balaban J connectivity index is 1.94. The number of amides is 1. The molecule has 0 aromatic heterocycles. The number of carbonyl (C=O) groups is 1. The van der Waals surface area contributed by atoms with Gasteiger partial charge in [0.25, 0.3) is 5.91 Å². The van der Waals surface area contributed by atoms with Crippen molar-refractivity contribution in [2.24, 2.45) is 0 Å². The fraction of sp³-hybridized carbons (Fsp3) is 0.278. The molecule has 0 N–H and O–H groups in total. The minimum Gasteiger partial charge on any atom is -0.493 e. The molecule has 1 aliphatic rings. The molecule has 0 aliphatic carbocycles. The third kappa shape index (κ3) is 3.26. The zero-order valence-electron chi connectivity index (χ0n) is 13.5. The molecule has 2 aromatic rings. The summed E-state index contributed by atoms with van der Waals surface area (Å²) in [6.07, 6.45) is 0. The van der Waals surface area contributed by atoms with E-state index in [0.717, 1.165) is 15.8 Å². The van der Waals surface area contributed by atoms with E-state index < -0.39 is 0 Å². The Labute approximate surface area is 154 Å². The molecule has 0 radical (unpaired) electrons. The first-order valence-corrected chi connectivity index (χ1v) is 9.39. The lowest BCUT2D eigenvalue weighted by molar-refractivity contribution is 0.0759. The van der Waals surface area contributed by atoms with Crippen molar-refractivity contribution in [3.05, 3.63) is 58.1 Å². The van der Waals surface area contributed by atoms with Gasteiger partial charge in [-0.2, -0.15) is 0 Å². The molecular formula is C18H18BrNO3S. The Hall–Kier alpha value is -1.66. The molecular weight excluding hydrogens is 390 g/mol. The van der Waals surface area contributed by atoms with Crippen LogP contribution < -0.4 is 9.47 Å². The van der Waals surface area contributed by atoms with Crippen LogP contribution in [0.5, 0.6) is 11.5 Å². The van der Waals surface area contributed by atoms with Gasteiger partial charge < -0.3 is 14.4 Å². The van der Waals surface area contributed by atoms with Crippen molar-refractivity contribution in [1.82, 2.24) is 4.90 Å². The summed E-state index contributed by atoms with van der Waals surface area (Å²) >= 11 is 5.14. The van der Waals surface area contributed by atoms with Crippen LogP contribution in [0.25, 0.3) is 0 Å². The molecule has 4 nitrogen and oxygen atoms in total. The van der Waals surface area contributed by atoms with Gasteiger partial charge in [0.05, 0.1) is 14.2 Å². The highest BCUT2D eigenvalue weighted by Gasteiger charge is 2.33. The molecule has 1 atom stereocenters. The first-order chi connectivity index (χ1) is 11.7. The largest absolute Gasteiger partial charge is 0.493 e. The highest BCUT2D eigenvalue weighted by molar-refractivity contribution is 9.10. The van der Waals surface area contributed by atoms with Gasteiger partial charge in [-0.25, -0.2) is 0 Å². The van der Waals surface area contributed by atoms with Crippen LogP contribution in [-0.2, 0) is 0 Å². The normalized spacial score (nSPS) is 17.0. The third-order valence-corrected chi connectivity index (χ3v) is 5.71. The number of halogens is 1. The van der Waals surface area contributed by atoms with E-state index in [9.17, 15) is 4.79 Å². The van der Waals surface area contributed by atoms with Gasteiger partial charge in [0.2, 0.25) is 0 Å². The maximum absolute atomic E-state index is 12.9. The number of methoxy groups -OCH3 is 2. The van der Waals surface area contributed by atoms with Crippen molar-refractivity contribution in [1.29, 1.82) is 0 Å². The van der Waals surface area contributed by atoms with E-state index in [1.54, 1.807) is 26.0 Å². The molecule has 126 valence electrons. The van der Waals surface area contributed by atoms with Crippen LogP contribution >= 0.6 is 27.7 Å². The minimum absolute atomic E-state index is 0.0300. The second-order valence-corrected chi connectivity index (χ2v) is 7.42. The number of rotatable bonds is 4. The quantitative estimate of drug-likeness (QED) is 0.754. The number of nitrogens with zero attached hydrogens (tertiary/aromatic N) is 1. The summed E-state index contributed by atoms with van der Waals surface area (Å²) in [5.74, 6) is 2.29. The van der Waals surface area contributed by atoms with Crippen LogP contribution in [-0.4, -0.2) is 37.3 Å². The van der Waals surface area contributed by atoms with E-state index >= 15 is 0 Å². The van der Waals surface area contributed by atoms with Crippen molar-refractivity contribution in [3.63, 3.8) is 0 Å². The maximum atomic E-state index is 12.9. The predicted octanol–water partition coefficient (Wildman–Crippen LogP) is 4.35. The summed E-state index contributed by atoms with van der Waals surface area (Å²) in [6, 6.07) is 13.2. The van der Waals surface area contributed by atoms with Crippen molar-refractivity contribution >= 4 is 33.6 Å². The molecule has 6 heteroatoms. The lowest BCUT2D eigenvalue weighted by Gasteiger charge is -2.26. The molecule has 1 heterocycles. The van der Waals surface area contributed by atoms with Crippen molar-refractivity contribution < 1.29 is 14.3 Å². The average molecular weight is 408 g/mol. The molecule has 1 fully saturated rings. The second-order valence-electron chi connectivity index (χ2n) is 5.31. The lowest BCUT2D eigenvalue weighted by Crippen LogP contribution is -2.30. The van der Waals surface area contributed by atoms with Crippen LogP contribution in [0, 0.1) is 0 Å². The summed E-state index contributed by atoms with van der Waals surface area (Å²) in [5, 5.41) is -0.0776. The van der Waals surface area contributed by atoms with E-state index in [-0.39, 0.29) is 11.3 Å². The van der Waals surface area contributed by atoms with Gasteiger partial charge in [-0.1, -0.05) is 28.1 Å². The van der Waals surface area contributed by atoms with Gasteiger partial charge >= 0.3 is 0 Å². The molecule has 2 aromatic carbocycles.